The standard InChI is InChI=1S/C23H24FN3O3/c1-15(2)23(29)27-17-7-5-6-16(12-17)13-25-21(28)10-11-22-26-14-20(30-22)18-8-3-4-9-19(18)24/h3-9,12,14-15H,10-11,13H2,1-2H3,(H,25,28)(H,27,29). The van der Waals surface area contributed by atoms with Gasteiger partial charge in [-0.05, 0) is 29.8 Å². The minimum absolute atomic E-state index is 0.0584. The minimum atomic E-state index is -0.384. The maximum Gasteiger partial charge on any atom is 0.226 e. The molecule has 2 N–H and O–H groups in total. The quantitative estimate of drug-likeness (QED) is 0.580. The molecule has 2 aromatic carbocycles. The smallest absolute Gasteiger partial charge is 0.226 e. The van der Waals surface area contributed by atoms with Crippen LogP contribution in [0.5, 0.6) is 0 Å². The summed E-state index contributed by atoms with van der Waals surface area (Å²) in [5.41, 5.74) is 1.91. The van der Waals surface area contributed by atoms with Gasteiger partial charge >= 0.3 is 0 Å². The lowest BCUT2D eigenvalue weighted by Gasteiger charge is -2.10. The van der Waals surface area contributed by atoms with Crippen molar-refractivity contribution in [1.29, 1.82) is 0 Å². The van der Waals surface area contributed by atoms with Crippen LogP contribution in [-0.4, -0.2) is 16.8 Å². The second-order valence-electron chi connectivity index (χ2n) is 7.22. The van der Waals surface area contributed by atoms with Gasteiger partial charge in [0.1, 0.15) is 5.82 Å². The highest BCUT2D eigenvalue weighted by Gasteiger charge is 2.12. The second-order valence-corrected chi connectivity index (χ2v) is 7.22. The van der Waals surface area contributed by atoms with Gasteiger partial charge in [0, 0.05) is 31.0 Å². The Balaban J connectivity index is 1.49. The van der Waals surface area contributed by atoms with Gasteiger partial charge in [-0.2, -0.15) is 0 Å². The van der Waals surface area contributed by atoms with Crippen LogP contribution in [0.2, 0.25) is 0 Å². The molecule has 0 aliphatic rings. The molecule has 0 spiro atoms. The van der Waals surface area contributed by atoms with Crippen molar-refractivity contribution < 1.29 is 18.4 Å². The molecule has 3 aromatic rings. The second kappa shape index (κ2) is 9.82. The molecule has 0 bridgehead atoms. The van der Waals surface area contributed by atoms with E-state index in [-0.39, 0.29) is 30.0 Å². The summed E-state index contributed by atoms with van der Waals surface area (Å²) in [6.07, 6.45) is 1.97. The molecule has 0 unspecified atom stereocenters. The van der Waals surface area contributed by atoms with Crippen molar-refractivity contribution in [2.75, 3.05) is 5.32 Å². The summed E-state index contributed by atoms with van der Waals surface area (Å²) in [6.45, 7) is 4.00. The average Bonchev–Trinajstić information content (AvgIpc) is 3.20. The first-order valence-electron chi connectivity index (χ1n) is 9.78. The molecule has 1 aromatic heterocycles. The van der Waals surface area contributed by atoms with E-state index in [1.165, 1.54) is 12.3 Å². The Morgan fingerprint density at radius 2 is 1.93 bits per heavy atom. The maximum absolute atomic E-state index is 13.8. The molecular formula is C23H24FN3O3. The van der Waals surface area contributed by atoms with Gasteiger partial charge in [-0.25, -0.2) is 9.37 Å². The third kappa shape index (κ3) is 5.76. The largest absolute Gasteiger partial charge is 0.441 e. The molecule has 156 valence electrons. The first kappa shape index (κ1) is 21.2. The summed E-state index contributed by atoms with van der Waals surface area (Å²) in [5.74, 6) is 0.00643. The highest BCUT2D eigenvalue weighted by molar-refractivity contribution is 5.92. The zero-order valence-corrected chi connectivity index (χ0v) is 16.9. The molecule has 0 saturated carbocycles. The van der Waals surface area contributed by atoms with E-state index >= 15 is 0 Å². The molecule has 0 atom stereocenters. The predicted octanol–water partition coefficient (Wildman–Crippen LogP) is 4.32. The first-order chi connectivity index (χ1) is 14.4. The Hall–Kier alpha value is -3.48. The van der Waals surface area contributed by atoms with Crippen molar-refractivity contribution in [2.24, 2.45) is 5.92 Å². The summed E-state index contributed by atoms with van der Waals surface area (Å²) >= 11 is 0. The van der Waals surface area contributed by atoms with Crippen LogP contribution in [0, 0.1) is 11.7 Å². The normalized spacial score (nSPS) is 10.8. The number of nitrogens with zero attached hydrogens (tertiary/aromatic N) is 1. The highest BCUT2D eigenvalue weighted by atomic mass is 19.1. The zero-order chi connectivity index (χ0) is 21.5. The van der Waals surface area contributed by atoms with Crippen LogP contribution in [0.1, 0.15) is 31.7 Å². The van der Waals surface area contributed by atoms with Crippen LogP contribution in [0.15, 0.2) is 59.1 Å². The van der Waals surface area contributed by atoms with E-state index in [0.29, 0.717) is 35.9 Å². The number of aromatic nitrogens is 1. The summed E-state index contributed by atoms with van der Waals surface area (Å²) in [5, 5.41) is 5.68. The van der Waals surface area contributed by atoms with E-state index in [0.717, 1.165) is 5.56 Å². The molecule has 0 radical (unpaired) electrons. The molecule has 3 rings (SSSR count). The van der Waals surface area contributed by atoms with E-state index < -0.39 is 0 Å². The third-order valence-electron chi connectivity index (χ3n) is 4.47. The van der Waals surface area contributed by atoms with Crippen LogP contribution in [0.4, 0.5) is 10.1 Å². The van der Waals surface area contributed by atoms with E-state index in [2.05, 4.69) is 15.6 Å². The number of hydrogen-bond acceptors (Lipinski definition) is 4. The summed E-state index contributed by atoms with van der Waals surface area (Å²) in [4.78, 5) is 28.1. The summed E-state index contributed by atoms with van der Waals surface area (Å²) in [6, 6.07) is 13.6. The molecule has 6 nitrogen and oxygen atoms in total. The van der Waals surface area contributed by atoms with Crippen molar-refractivity contribution in [2.45, 2.75) is 33.2 Å². The summed E-state index contributed by atoms with van der Waals surface area (Å²) < 4.78 is 19.4. The lowest BCUT2D eigenvalue weighted by Crippen LogP contribution is -2.23. The molecule has 0 fully saturated rings. The molecule has 7 heteroatoms. The molecule has 0 aliphatic heterocycles. The number of amides is 2. The maximum atomic E-state index is 13.8. The number of aryl methyl sites for hydroxylation is 1. The average molecular weight is 409 g/mol. The SMILES string of the molecule is CC(C)C(=O)Nc1cccc(CNC(=O)CCc2ncc(-c3ccccc3F)o2)c1. The number of benzene rings is 2. The molecule has 0 saturated heterocycles. The molecule has 1 heterocycles. The first-order valence-corrected chi connectivity index (χ1v) is 9.78. The van der Waals surface area contributed by atoms with E-state index in [9.17, 15) is 14.0 Å². The minimum Gasteiger partial charge on any atom is -0.441 e. The number of halogens is 1. The Bertz CT molecular complexity index is 1030. The van der Waals surface area contributed by atoms with Crippen molar-refractivity contribution in [1.82, 2.24) is 10.3 Å². The number of carbonyl (C=O) groups excluding carboxylic acids is 2. The third-order valence-corrected chi connectivity index (χ3v) is 4.47. The zero-order valence-electron chi connectivity index (χ0n) is 16.9. The number of nitrogens with one attached hydrogen (secondary N) is 2. The van der Waals surface area contributed by atoms with E-state index in [1.54, 1.807) is 24.3 Å². The topological polar surface area (TPSA) is 84.2 Å². The molecule has 30 heavy (non-hydrogen) atoms. The van der Waals surface area contributed by atoms with Gasteiger partial charge in [0.15, 0.2) is 11.7 Å². The van der Waals surface area contributed by atoms with E-state index in [1.807, 2.05) is 32.0 Å². The molecule has 0 aliphatic carbocycles. The fourth-order valence-electron chi connectivity index (χ4n) is 2.77. The number of carbonyl (C=O) groups is 2. The number of anilines is 1. The van der Waals surface area contributed by atoms with Crippen LogP contribution < -0.4 is 10.6 Å². The van der Waals surface area contributed by atoms with Crippen LogP contribution in [0.25, 0.3) is 11.3 Å². The fraction of sp³-hybridized carbons (Fsp3) is 0.261. The van der Waals surface area contributed by atoms with Crippen molar-refractivity contribution >= 4 is 17.5 Å². The van der Waals surface area contributed by atoms with Gasteiger partial charge in [0.2, 0.25) is 11.8 Å². The van der Waals surface area contributed by atoms with Gasteiger partial charge in [0.25, 0.3) is 0 Å². The van der Waals surface area contributed by atoms with Gasteiger partial charge in [-0.15, -0.1) is 0 Å². The van der Waals surface area contributed by atoms with Gasteiger partial charge in [-0.1, -0.05) is 38.1 Å². The fourth-order valence-corrected chi connectivity index (χ4v) is 2.77. The number of rotatable bonds is 8. The van der Waals surface area contributed by atoms with Crippen molar-refractivity contribution in [3.05, 3.63) is 72.0 Å². The summed E-state index contributed by atoms with van der Waals surface area (Å²) in [7, 11) is 0. The predicted molar refractivity (Wildman–Crippen MR) is 112 cm³/mol. The Labute approximate surface area is 174 Å². The molecular weight excluding hydrogens is 385 g/mol. The monoisotopic (exact) mass is 409 g/mol. The Kier molecular flexibility index (Phi) is 6.95. The van der Waals surface area contributed by atoms with Crippen LogP contribution in [0.3, 0.4) is 0 Å². The van der Waals surface area contributed by atoms with Crippen molar-refractivity contribution in [3.63, 3.8) is 0 Å². The highest BCUT2D eigenvalue weighted by Crippen LogP contribution is 2.23. The van der Waals surface area contributed by atoms with Crippen molar-refractivity contribution in [3.8, 4) is 11.3 Å². The van der Waals surface area contributed by atoms with Crippen LogP contribution >= 0.6 is 0 Å². The van der Waals surface area contributed by atoms with E-state index in [4.69, 9.17) is 4.42 Å². The number of hydrogen-bond donors (Lipinski definition) is 2. The van der Waals surface area contributed by atoms with Gasteiger partial charge in [-0.3, -0.25) is 9.59 Å². The lowest BCUT2D eigenvalue weighted by molar-refractivity contribution is -0.121. The van der Waals surface area contributed by atoms with Gasteiger partial charge < -0.3 is 15.1 Å². The molecule has 2 amide bonds. The Morgan fingerprint density at radius 3 is 2.70 bits per heavy atom. The van der Waals surface area contributed by atoms with Gasteiger partial charge in [0.05, 0.1) is 11.8 Å². The Morgan fingerprint density at radius 1 is 1.13 bits per heavy atom. The lowest BCUT2D eigenvalue weighted by atomic mass is 10.1. The van der Waals surface area contributed by atoms with Crippen LogP contribution in [-0.2, 0) is 22.6 Å². The number of oxazole rings is 1.